The Bertz CT molecular complexity index is 1210. The molecule has 0 amide bonds. The predicted octanol–water partition coefficient (Wildman–Crippen LogP) is 8.86. The van der Waals surface area contributed by atoms with Gasteiger partial charge >= 0.3 is 6.11 Å². The van der Waals surface area contributed by atoms with Crippen molar-refractivity contribution >= 4 is 0 Å². The van der Waals surface area contributed by atoms with E-state index < -0.39 is 52.3 Å². The number of rotatable bonds is 5. The van der Waals surface area contributed by atoms with Crippen molar-refractivity contribution in [2.75, 3.05) is 0 Å². The second kappa shape index (κ2) is 9.51. The summed E-state index contributed by atoms with van der Waals surface area (Å²) in [6.45, 7) is 2.15. The number of alkyl halides is 2. The molecule has 0 spiro atoms. The number of halogens is 8. The van der Waals surface area contributed by atoms with Crippen LogP contribution in [0.4, 0.5) is 35.1 Å². The molecule has 4 rings (SSSR count). The fourth-order valence-electron chi connectivity index (χ4n) is 4.41. The van der Waals surface area contributed by atoms with Crippen LogP contribution in [0.2, 0.25) is 0 Å². The maximum Gasteiger partial charge on any atom is 0.432 e. The van der Waals surface area contributed by atoms with Gasteiger partial charge in [0, 0.05) is 19.1 Å². The van der Waals surface area contributed by atoms with E-state index in [0.717, 1.165) is 31.2 Å². The normalized spacial score (nSPS) is 18.5. The zero-order chi connectivity index (χ0) is 25.5. The Morgan fingerprint density at radius 2 is 1.31 bits per heavy atom. The molecule has 1 aliphatic rings. The summed E-state index contributed by atoms with van der Waals surface area (Å²) in [6, 6.07) is 5.53. The Morgan fingerprint density at radius 3 is 1.86 bits per heavy atom. The molecule has 1 fully saturated rings. The van der Waals surface area contributed by atoms with Crippen molar-refractivity contribution in [3.63, 3.8) is 0 Å². The van der Waals surface area contributed by atoms with Crippen LogP contribution in [0.15, 0.2) is 42.5 Å². The summed E-state index contributed by atoms with van der Waals surface area (Å²) >= 11 is 0. The zero-order valence-electron chi connectivity index (χ0n) is 18.5. The van der Waals surface area contributed by atoms with Gasteiger partial charge < -0.3 is 4.74 Å². The van der Waals surface area contributed by atoms with Crippen LogP contribution >= 0.6 is 0 Å². The summed E-state index contributed by atoms with van der Waals surface area (Å²) in [7, 11) is 0. The first-order valence-corrected chi connectivity index (χ1v) is 11.0. The lowest BCUT2D eigenvalue weighted by atomic mass is 9.79. The number of hydrogen-bond acceptors (Lipinski definition) is 1. The van der Waals surface area contributed by atoms with Gasteiger partial charge in [0.2, 0.25) is 0 Å². The van der Waals surface area contributed by atoms with Crippen LogP contribution in [0.5, 0.6) is 5.75 Å². The van der Waals surface area contributed by atoms with E-state index in [0.29, 0.717) is 18.1 Å². The molecular formula is C26H22F8O. The number of hydrogen-bond donors (Lipinski definition) is 0. The molecule has 0 unspecified atom stereocenters. The van der Waals surface area contributed by atoms with Gasteiger partial charge in [-0.1, -0.05) is 31.9 Å². The summed E-state index contributed by atoms with van der Waals surface area (Å²) in [5.74, 6) is -10.3. The third-order valence-corrected chi connectivity index (χ3v) is 6.33. The highest BCUT2D eigenvalue weighted by molar-refractivity contribution is 5.65. The van der Waals surface area contributed by atoms with E-state index in [1.54, 1.807) is 6.07 Å². The molecule has 3 aromatic carbocycles. The molecule has 1 saturated carbocycles. The molecule has 0 heterocycles. The van der Waals surface area contributed by atoms with Gasteiger partial charge in [-0.25, -0.2) is 26.3 Å². The van der Waals surface area contributed by atoms with Crippen molar-refractivity contribution in [1.29, 1.82) is 0 Å². The van der Waals surface area contributed by atoms with Gasteiger partial charge in [0.1, 0.15) is 28.8 Å². The monoisotopic (exact) mass is 502 g/mol. The van der Waals surface area contributed by atoms with Gasteiger partial charge in [0.05, 0.1) is 0 Å². The first kappa shape index (κ1) is 25.0. The summed E-state index contributed by atoms with van der Waals surface area (Å²) < 4.78 is 117. The number of ether oxygens (including phenoxy) is 1. The largest absolute Gasteiger partial charge is 0.432 e. The molecule has 9 heteroatoms. The highest BCUT2D eigenvalue weighted by atomic mass is 19.3. The van der Waals surface area contributed by atoms with Crippen LogP contribution in [-0.2, 0) is 6.11 Å². The Hall–Kier alpha value is -3.10. The van der Waals surface area contributed by atoms with Gasteiger partial charge in [-0.15, -0.1) is 0 Å². The molecule has 35 heavy (non-hydrogen) atoms. The fraction of sp³-hybridized carbons (Fsp3) is 0.308. The first-order chi connectivity index (χ1) is 16.5. The lowest BCUT2D eigenvalue weighted by Gasteiger charge is -2.26. The quantitative estimate of drug-likeness (QED) is 0.250. The van der Waals surface area contributed by atoms with Crippen LogP contribution in [0, 0.1) is 40.8 Å². The summed E-state index contributed by atoms with van der Waals surface area (Å²) in [4.78, 5) is 0. The molecule has 0 saturated heterocycles. The molecule has 0 aliphatic heterocycles. The molecule has 0 aromatic heterocycles. The lowest BCUT2D eigenvalue weighted by molar-refractivity contribution is -0.189. The van der Waals surface area contributed by atoms with Crippen LogP contribution < -0.4 is 4.74 Å². The van der Waals surface area contributed by atoms with E-state index in [4.69, 9.17) is 0 Å². The molecule has 188 valence electrons. The average Bonchev–Trinajstić information content (AvgIpc) is 2.76. The SMILES string of the molecule is CC1CCC(c2ccc(-c3cc(F)c(C(F)(F)Oc4cc(F)c(F)c(F)c4)c(F)c3)c(F)c2)CC1.[HH]. The lowest BCUT2D eigenvalue weighted by Crippen LogP contribution is -2.25. The second-order valence-electron chi connectivity index (χ2n) is 8.83. The van der Waals surface area contributed by atoms with Crippen molar-refractivity contribution in [2.45, 2.75) is 44.6 Å². The van der Waals surface area contributed by atoms with Gasteiger partial charge in [0.15, 0.2) is 17.5 Å². The van der Waals surface area contributed by atoms with E-state index in [-0.39, 0.29) is 30.6 Å². The van der Waals surface area contributed by atoms with E-state index in [1.165, 1.54) is 12.1 Å². The highest BCUT2D eigenvalue weighted by Gasteiger charge is 2.41. The first-order valence-electron chi connectivity index (χ1n) is 11.0. The minimum atomic E-state index is -4.72. The van der Waals surface area contributed by atoms with Crippen molar-refractivity contribution in [3.8, 4) is 16.9 Å². The molecule has 0 bridgehead atoms. The maximum atomic E-state index is 14.8. The van der Waals surface area contributed by atoms with Gasteiger partial charge in [-0.3, -0.25) is 0 Å². The minimum absolute atomic E-state index is 0. The Kier molecular flexibility index (Phi) is 6.79. The average molecular weight is 502 g/mol. The Morgan fingerprint density at radius 1 is 0.743 bits per heavy atom. The van der Waals surface area contributed by atoms with Crippen molar-refractivity contribution in [3.05, 3.63) is 88.5 Å². The van der Waals surface area contributed by atoms with Gasteiger partial charge in [0.25, 0.3) is 0 Å². The van der Waals surface area contributed by atoms with Crippen molar-refractivity contribution in [2.24, 2.45) is 5.92 Å². The van der Waals surface area contributed by atoms with Crippen LogP contribution in [0.1, 0.15) is 51.1 Å². The topological polar surface area (TPSA) is 9.23 Å². The third kappa shape index (κ3) is 5.13. The molecule has 1 nitrogen and oxygen atoms in total. The van der Waals surface area contributed by atoms with Gasteiger partial charge in [-0.2, -0.15) is 8.78 Å². The van der Waals surface area contributed by atoms with Crippen molar-refractivity contribution in [1.82, 2.24) is 0 Å². The molecule has 3 aromatic rings. The van der Waals surface area contributed by atoms with E-state index in [2.05, 4.69) is 11.7 Å². The van der Waals surface area contributed by atoms with Crippen LogP contribution in [-0.4, -0.2) is 0 Å². The maximum absolute atomic E-state index is 14.8. The Labute approximate surface area is 197 Å². The zero-order valence-corrected chi connectivity index (χ0v) is 18.5. The summed E-state index contributed by atoms with van der Waals surface area (Å²) in [5, 5.41) is 0. The second-order valence-corrected chi connectivity index (χ2v) is 8.83. The molecule has 1 aliphatic carbocycles. The van der Waals surface area contributed by atoms with E-state index in [1.807, 2.05) is 0 Å². The smallest absolute Gasteiger partial charge is 0.429 e. The number of benzene rings is 3. The molecular weight excluding hydrogens is 480 g/mol. The summed E-state index contributed by atoms with van der Waals surface area (Å²) in [6.07, 6.45) is -0.896. The molecule has 0 atom stereocenters. The summed E-state index contributed by atoms with van der Waals surface area (Å²) in [5.41, 5.74) is -1.59. The van der Waals surface area contributed by atoms with Crippen LogP contribution in [0.25, 0.3) is 11.1 Å². The van der Waals surface area contributed by atoms with Gasteiger partial charge in [-0.05, 0) is 54.0 Å². The predicted molar refractivity (Wildman–Crippen MR) is 115 cm³/mol. The standard InChI is InChI=1S/C26H20F8O.H2/c1-13-2-4-14(5-3-13)15-6-7-18(19(27)8-15)16-9-20(28)24(21(29)10-16)26(33,34)35-17-11-22(30)25(32)23(31)12-17;/h6-14H,2-5H2,1H3;1H. The molecule has 0 radical (unpaired) electrons. The fourth-order valence-corrected chi connectivity index (χ4v) is 4.41. The highest BCUT2D eigenvalue weighted by Crippen LogP contribution is 2.40. The van der Waals surface area contributed by atoms with E-state index in [9.17, 15) is 35.1 Å². The van der Waals surface area contributed by atoms with Crippen LogP contribution in [0.3, 0.4) is 0 Å². The molecule has 0 N–H and O–H groups in total. The minimum Gasteiger partial charge on any atom is -0.429 e. The Balaban J connectivity index is 0.00000361. The van der Waals surface area contributed by atoms with Crippen molar-refractivity contribution < 1.29 is 41.3 Å². The van der Waals surface area contributed by atoms with E-state index >= 15 is 0 Å². The third-order valence-electron chi connectivity index (χ3n) is 6.33.